The van der Waals surface area contributed by atoms with Crippen molar-refractivity contribution in [1.82, 2.24) is 9.55 Å². The lowest BCUT2D eigenvalue weighted by molar-refractivity contribution is -0.255. The predicted molar refractivity (Wildman–Crippen MR) is 105 cm³/mol. The number of para-hydroxylation sites is 1. The van der Waals surface area contributed by atoms with E-state index in [2.05, 4.69) is 4.98 Å². The van der Waals surface area contributed by atoms with Gasteiger partial charge in [0.2, 0.25) is 0 Å². The zero-order valence-corrected chi connectivity index (χ0v) is 16.0. The first-order valence-corrected chi connectivity index (χ1v) is 9.24. The van der Waals surface area contributed by atoms with Crippen molar-refractivity contribution in [3.05, 3.63) is 94.4 Å². The third-order valence-corrected chi connectivity index (χ3v) is 5.18. The highest BCUT2D eigenvalue weighted by Crippen LogP contribution is 2.37. The maximum absolute atomic E-state index is 13.5. The van der Waals surface area contributed by atoms with Crippen LogP contribution in [0.15, 0.2) is 67.1 Å². The van der Waals surface area contributed by atoms with Gasteiger partial charge in [-0.15, -0.1) is 0 Å². The lowest BCUT2D eigenvalue weighted by Gasteiger charge is -2.13. The third kappa shape index (κ3) is 3.64. The van der Waals surface area contributed by atoms with Crippen LogP contribution in [0.25, 0.3) is 16.6 Å². The first-order chi connectivity index (χ1) is 14.3. The second kappa shape index (κ2) is 7.50. The quantitative estimate of drug-likeness (QED) is 0.474. The number of carbonyl (C=O) groups is 1. The first-order valence-electron chi connectivity index (χ1n) is 8.86. The zero-order chi connectivity index (χ0) is 21.5. The molecule has 0 saturated heterocycles. The molecule has 0 amide bonds. The van der Waals surface area contributed by atoms with Gasteiger partial charge in [-0.05, 0) is 34.9 Å². The molecule has 0 spiro atoms. The van der Waals surface area contributed by atoms with Crippen molar-refractivity contribution in [3.63, 3.8) is 0 Å². The van der Waals surface area contributed by atoms with E-state index >= 15 is 0 Å². The summed E-state index contributed by atoms with van der Waals surface area (Å²) in [4.78, 5) is 14.6. The summed E-state index contributed by atoms with van der Waals surface area (Å²) in [5.74, 6) is -1.29. The summed E-state index contributed by atoms with van der Waals surface area (Å²) in [5.41, 5.74) is 1.20. The number of aromatic nitrogens is 2. The molecule has 0 N–H and O–H groups in total. The van der Waals surface area contributed by atoms with Gasteiger partial charge in [-0.2, -0.15) is 13.2 Å². The number of carbonyl (C=O) groups excluding carboxylic acids is 1. The fraction of sp³-hybridized carbons (Fsp3) is 0.0909. The zero-order valence-electron chi connectivity index (χ0n) is 15.3. The Morgan fingerprint density at radius 2 is 1.77 bits per heavy atom. The molecule has 4 nitrogen and oxygen atoms in total. The van der Waals surface area contributed by atoms with Gasteiger partial charge in [-0.3, -0.25) is 4.98 Å². The van der Waals surface area contributed by atoms with Gasteiger partial charge in [0.25, 0.3) is 0 Å². The van der Waals surface area contributed by atoms with Crippen molar-refractivity contribution in [3.8, 4) is 5.69 Å². The minimum Gasteiger partial charge on any atom is -0.545 e. The summed E-state index contributed by atoms with van der Waals surface area (Å²) in [5, 5.41) is 11.7. The molecule has 0 unspecified atom stereocenters. The van der Waals surface area contributed by atoms with Crippen molar-refractivity contribution in [2.45, 2.75) is 12.6 Å². The highest BCUT2D eigenvalue weighted by molar-refractivity contribution is 6.31. The fourth-order valence-electron chi connectivity index (χ4n) is 3.44. The number of alkyl halides is 3. The molecule has 0 atom stereocenters. The molecule has 0 bridgehead atoms. The van der Waals surface area contributed by atoms with E-state index < -0.39 is 17.7 Å². The molecular formula is C22H13ClF3N2O2-. The van der Waals surface area contributed by atoms with Crippen LogP contribution in [-0.2, 0) is 12.6 Å². The van der Waals surface area contributed by atoms with Crippen LogP contribution >= 0.6 is 11.6 Å². The van der Waals surface area contributed by atoms with Crippen molar-refractivity contribution < 1.29 is 23.1 Å². The molecule has 0 aliphatic carbocycles. The van der Waals surface area contributed by atoms with Crippen LogP contribution in [-0.4, -0.2) is 15.5 Å². The summed E-state index contributed by atoms with van der Waals surface area (Å²) in [6.45, 7) is 0. The average molecular weight is 430 g/mol. The maximum Gasteiger partial charge on any atom is 0.418 e. The molecule has 2 heterocycles. The molecule has 0 saturated carbocycles. The van der Waals surface area contributed by atoms with Crippen molar-refractivity contribution in [2.75, 3.05) is 0 Å². The van der Waals surface area contributed by atoms with Gasteiger partial charge >= 0.3 is 6.18 Å². The smallest absolute Gasteiger partial charge is 0.418 e. The monoisotopic (exact) mass is 429 g/mol. The van der Waals surface area contributed by atoms with Gasteiger partial charge in [0, 0.05) is 36.1 Å². The van der Waals surface area contributed by atoms with Crippen LogP contribution in [0.5, 0.6) is 0 Å². The van der Waals surface area contributed by atoms with Crippen molar-refractivity contribution >= 4 is 28.5 Å². The summed E-state index contributed by atoms with van der Waals surface area (Å²) in [6, 6.07) is 13.3. The highest BCUT2D eigenvalue weighted by Gasteiger charge is 2.35. The summed E-state index contributed by atoms with van der Waals surface area (Å²) in [6.07, 6.45) is -0.911. The van der Waals surface area contributed by atoms with Gasteiger partial charge in [0.05, 0.1) is 22.1 Å². The SMILES string of the molecule is O=C([O-])c1ccc(-n2cc(Cc3c(Cl)cncc3C(F)(F)F)c3ccccc32)cc1. The minimum atomic E-state index is -4.58. The van der Waals surface area contributed by atoms with Gasteiger partial charge < -0.3 is 14.5 Å². The van der Waals surface area contributed by atoms with E-state index in [9.17, 15) is 23.1 Å². The number of aromatic carboxylic acids is 1. The van der Waals surface area contributed by atoms with Gasteiger partial charge in [-0.1, -0.05) is 41.9 Å². The molecule has 152 valence electrons. The third-order valence-electron chi connectivity index (χ3n) is 4.85. The Balaban J connectivity index is 1.84. The lowest BCUT2D eigenvalue weighted by Crippen LogP contribution is -2.22. The summed E-state index contributed by atoms with van der Waals surface area (Å²) < 4.78 is 42.2. The van der Waals surface area contributed by atoms with E-state index in [-0.39, 0.29) is 22.6 Å². The van der Waals surface area contributed by atoms with Gasteiger partial charge in [-0.25, -0.2) is 0 Å². The topological polar surface area (TPSA) is 57.9 Å². The standard InChI is InChI=1S/C22H14ClF3N2O2/c23-19-11-27-10-18(22(24,25)26)17(19)9-14-12-28(20-4-2-1-3-16(14)20)15-7-5-13(6-8-15)21(29)30/h1-8,10-12H,9H2,(H,29,30)/p-1. The molecule has 4 rings (SSSR count). The van der Waals surface area contributed by atoms with Gasteiger partial charge in [0.15, 0.2) is 0 Å². The number of halogens is 4. The first kappa shape index (κ1) is 20.0. The Labute approximate surface area is 174 Å². The number of carboxylic acid groups (broad SMARTS) is 1. The Hall–Kier alpha value is -3.32. The molecule has 0 radical (unpaired) electrons. The molecule has 0 aliphatic heterocycles. The number of pyridine rings is 1. The number of carboxylic acids is 1. The molecule has 0 fully saturated rings. The number of benzene rings is 2. The van der Waals surface area contributed by atoms with E-state index in [1.54, 1.807) is 29.0 Å². The molecule has 0 aliphatic rings. The minimum absolute atomic E-state index is 0.0359. The van der Waals surface area contributed by atoms with Crippen molar-refractivity contribution in [2.24, 2.45) is 0 Å². The normalized spacial score (nSPS) is 11.7. The van der Waals surface area contributed by atoms with Crippen LogP contribution in [0.3, 0.4) is 0 Å². The summed E-state index contributed by atoms with van der Waals surface area (Å²) in [7, 11) is 0. The number of hydrogen-bond donors (Lipinski definition) is 0. The van der Waals surface area contributed by atoms with Crippen LogP contribution in [0.1, 0.15) is 27.0 Å². The number of hydrogen-bond acceptors (Lipinski definition) is 3. The van der Waals surface area contributed by atoms with Crippen molar-refractivity contribution in [1.29, 1.82) is 0 Å². The van der Waals surface area contributed by atoms with Crippen LogP contribution in [0.2, 0.25) is 5.02 Å². The Morgan fingerprint density at radius 3 is 2.43 bits per heavy atom. The van der Waals surface area contributed by atoms with Crippen LogP contribution < -0.4 is 5.11 Å². The molecule has 2 aromatic heterocycles. The molecule has 8 heteroatoms. The van der Waals surface area contributed by atoms with E-state index in [0.717, 1.165) is 17.1 Å². The molecule has 4 aromatic rings. The summed E-state index contributed by atoms with van der Waals surface area (Å²) >= 11 is 6.08. The van der Waals surface area contributed by atoms with E-state index in [1.165, 1.54) is 18.3 Å². The molecular weight excluding hydrogens is 417 g/mol. The molecule has 2 aromatic carbocycles. The predicted octanol–water partition coefficient (Wildman–Crippen LogP) is 4.65. The maximum atomic E-state index is 13.5. The lowest BCUT2D eigenvalue weighted by atomic mass is 10.0. The fourth-order valence-corrected chi connectivity index (χ4v) is 3.66. The van der Waals surface area contributed by atoms with E-state index in [1.807, 2.05) is 18.2 Å². The van der Waals surface area contributed by atoms with Crippen LogP contribution in [0, 0.1) is 0 Å². The Morgan fingerprint density at radius 1 is 1.07 bits per heavy atom. The number of nitrogens with zero attached hydrogens (tertiary/aromatic N) is 2. The van der Waals surface area contributed by atoms with E-state index in [0.29, 0.717) is 11.3 Å². The second-order valence-electron chi connectivity index (χ2n) is 6.70. The largest absolute Gasteiger partial charge is 0.545 e. The number of rotatable bonds is 4. The molecule has 30 heavy (non-hydrogen) atoms. The average Bonchev–Trinajstić information content (AvgIpc) is 3.07. The Kier molecular flexibility index (Phi) is 4.99. The Bertz CT molecular complexity index is 1250. The highest BCUT2D eigenvalue weighted by atomic mass is 35.5. The van der Waals surface area contributed by atoms with Crippen LogP contribution in [0.4, 0.5) is 13.2 Å². The van der Waals surface area contributed by atoms with E-state index in [4.69, 9.17) is 11.6 Å². The second-order valence-corrected chi connectivity index (χ2v) is 7.10. The van der Waals surface area contributed by atoms with Gasteiger partial charge in [0.1, 0.15) is 0 Å². The number of fused-ring (bicyclic) bond motifs is 1.